The standard InChI is InChI=1S/C13H22N4/c1-8(2)11-15-10-7-14-6-9(10)12(16-11)17-13(3,4)5/h8,14H,6-7H2,1-5H3,(H,15,16,17). The van der Waals surface area contributed by atoms with Gasteiger partial charge in [-0.25, -0.2) is 9.97 Å². The molecule has 4 nitrogen and oxygen atoms in total. The molecule has 17 heavy (non-hydrogen) atoms. The van der Waals surface area contributed by atoms with Crippen LogP contribution in [0.15, 0.2) is 0 Å². The van der Waals surface area contributed by atoms with Gasteiger partial charge in [-0.2, -0.15) is 0 Å². The van der Waals surface area contributed by atoms with Gasteiger partial charge in [-0.1, -0.05) is 13.8 Å². The predicted octanol–water partition coefficient (Wildman–Crippen LogP) is 2.41. The molecule has 0 amide bonds. The lowest BCUT2D eigenvalue weighted by atomic mass is 10.1. The smallest absolute Gasteiger partial charge is 0.134 e. The minimum absolute atomic E-state index is 0.0267. The minimum atomic E-state index is 0.0267. The van der Waals surface area contributed by atoms with Crippen LogP contribution in [0.25, 0.3) is 0 Å². The van der Waals surface area contributed by atoms with Gasteiger partial charge in [0.2, 0.25) is 0 Å². The van der Waals surface area contributed by atoms with Gasteiger partial charge in [0.05, 0.1) is 5.69 Å². The molecular weight excluding hydrogens is 212 g/mol. The normalized spacial score (nSPS) is 15.2. The second-order valence-corrected chi connectivity index (χ2v) is 5.99. The summed E-state index contributed by atoms with van der Waals surface area (Å²) in [6.07, 6.45) is 0. The molecule has 0 aromatic carbocycles. The zero-order valence-corrected chi connectivity index (χ0v) is 11.4. The fraction of sp³-hybridized carbons (Fsp3) is 0.692. The molecular formula is C13H22N4. The van der Waals surface area contributed by atoms with Crippen molar-refractivity contribution < 1.29 is 0 Å². The van der Waals surface area contributed by atoms with E-state index in [1.54, 1.807) is 0 Å². The summed E-state index contributed by atoms with van der Waals surface area (Å²) >= 11 is 0. The number of hydrogen-bond acceptors (Lipinski definition) is 4. The Kier molecular flexibility index (Phi) is 3.08. The lowest BCUT2D eigenvalue weighted by Gasteiger charge is -2.23. The summed E-state index contributed by atoms with van der Waals surface area (Å²) in [5.41, 5.74) is 2.40. The van der Waals surface area contributed by atoms with Crippen molar-refractivity contribution in [2.45, 2.75) is 59.2 Å². The van der Waals surface area contributed by atoms with Crippen molar-refractivity contribution in [1.29, 1.82) is 0 Å². The van der Waals surface area contributed by atoms with Crippen LogP contribution in [-0.4, -0.2) is 15.5 Å². The number of fused-ring (bicyclic) bond motifs is 1. The molecule has 0 saturated heterocycles. The van der Waals surface area contributed by atoms with Gasteiger partial charge < -0.3 is 10.6 Å². The molecule has 4 heteroatoms. The quantitative estimate of drug-likeness (QED) is 0.825. The molecule has 0 saturated carbocycles. The van der Waals surface area contributed by atoms with Crippen molar-refractivity contribution in [2.75, 3.05) is 5.32 Å². The average Bonchev–Trinajstić information content (AvgIpc) is 2.62. The van der Waals surface area contributed by atoms with Crippen LogP contribution in [0.5, 0.6) is 0 Å². The van der Waals surface area contributed by atoms with Gasteiger partial charge in [-0.05, 0) is 20.8 Å². The van der Waals surface area contributed by atoms with Crippen LogP contribution in [0.1, 0.15) is 57.6 Å². The van der Waals surface area contributed by atoms with Gasteiger partial charge in [0.1, 0.15) is 11.6 Å². The number of nitrogens with one attached hydrogen (secondary N) is 2. The monoisotopic (exact) mass is 234 g/mol. The Labute approximate surface area is 103 Å². The molecule has 1 aromatic heterocycles. The van der Waals surface area contributed by atoms with E-state index in [1.807, 2.05) is 0 Å². The topological polar surface area (TPSA) is 49.8 Å². The van der Waals surface area contributed by atoms with Crippen LogP contribution in [0.2, 0.25) is 0 Å². The number of aromatic nitrogens is 2. The maximum Gasteiger partial charge on any atom is 0.134 e. The first kappa shape index (κ1) is 12.3. The van der Waals surface area contributed by atoms with Gasteiger partial charge in [0.25, 0.3) is 0 Å². The van der Waals surface area contributed by atoms with E-state index in [0.717, 1.165) is 30.4 Å². The van der Waals surface area contributed by atoms with Crippen LogP contribution in [0.3, 0.4) is 0 Å². The summed E-state index contributed by atoms with van der Waals surface area (Å²) < 4.78 is 0. The Balaban J connectivity index is 2.42. The van der Waals surface area contributed by atoms with E-state index in [-0.39, 0.29) is 5.54 Å². The summed E-state index contributed by atoms with van der Waals surface area (Å²) in [6.45, 7) is 12.4. The summed E-state index contributed by atoms with van der Waals surface area (Å²) in [7, 11) is 0. The van der Waals surface area contributed by atoms with E-state index in [4.69, 9.17) is 0 Å². The van der Waals surface area contributed by atoms with Crippen LogP contribution in [-0.2, 0) is 13.1 Å². The van der Waals surface area contributed by atoms with E-state index in [2.05, 4.69) is 55.2 Å². The molecule has 0 atom stereocenters. The molecule has 0 aliphatic carbocycles. The molecule has 0 fully saturated rings. The molecule has 1 aliphatic rings. The van der Waals surface area contributed by atoms with Gasteiger partial charge in [0.15, 0.2) is 0 Å². The molecule has 2 N–H and O–H groups in total. The molecule has 1 aromatic rings. The zero-order valence-electron chi connectivity index (χ0n) is 11.4. The van der Waals surface area contributed by atoms with E-state index >= 15 is 0 Å². The molecule has 0 bridgehead atoms. The molecule has 0 radical (unpaired) electrons. The number of nitrogens with zero attached hydrogens (tertiary/aromatic N) is 2. The van der Waals surface area contributed by atoms with Crippen LogP contribution >= 0.6 is 0 Å². The van der Waals surface area contributed by atoms with E-state index in [0.29, 0.717) is 5.92 Å². The van der Waals surface area contributed by atoms with Crippen LogP contribution in [0.4, 0.5) is 5.82 Å². The Morgan fingerprint density at radius 3 is 2.47 bits per heavy atom. The molecule has 94 valence electrons. The fourth-order valence-electron chi connectivity index (χ4n) is 1.90. The van der Waals surface area contributed by atoms with Crippen LogP contribution in [0, 0.1) is 0 Å². The number of rotatable bonds is 2. The predicted molar refractivity (Wildman–Crippen MR) is 70.0 cm³/mol. The Hall–Kier alpha value is -1.16. The zero-order chi connectivity index (χ0) is 12.6. The Morgan fingerprint density at radius 1 is 1.18 bits per heavy atom. The fourth-order valence-corrected chi connectivity index (χ4v) is 1.90. The number of anilines is 1. The van der Waals surface area contributed by atoms with E-state index in [9.17, 15) is 0 Å². The Bertz CT molecular complexity index is 418. The van der Waals surface area contributed by atoms with Crippen molar-refractivity contribution in [3.63, 3.8) is 0 Å². The maximum absolute atomic E-state index is 4.67. The van der Waals surface area contributed by atoms with Crippen molar-refractivity contribution in [2.24, 2.45) is 0 Å². The third-order valence-electron chi connectivity index (χ3n) is 2.71. The number of hydrogen-bond donors (Lipinski definition) is 2. The van der Waals surface area contributed by atoms with Gasteiger partial charge in [-0.15, -0.1) is 0 Å². The highest BCUT2D eigenvalue weighted by molar-refractivity contribution is 5.50. The largest absolute Gasteiger partial charge is 0.365 e. The van der Waals surface area contributed by atoms with Gasteiger partial charge >= 0.3 is 0 Å². The Morgan fingerprint density at radius 2 is 1.88 bits per heavy atom. The molecule has 2 rings (SSSR count). The third-order valence-corrected chi connectivity index (χ3v) is 2.71. The van der Waals surface area contributed by atoms with Crippen molar-refractivity contribution in [1.82, 2.24) is 15.3 Å². The first-order valence-corrected chi connectivity index (χ1v) is 6.25. The minimum Gasteiger partial charge on any atom is -0.365 e. The highest BCUT2D eigenvalue weighted by Gasteiger charge is 2.22. The first-order chi connectivity index (χ1) is 7.87. The van der Waals surface area contributed by atoms with Gasteiger partial charge in [0, 0.05) is 30.1 Å². The highest BCUT2D eigenvalue weighted by Crippen LogP contribution is 2.25. The second kappa shape index (κ2) is 4.26. The van der Waals surface area contributed by atoms with E-state index < -0.39 is 0 Å². The third kappa shape index (κ3) is 2.75. The molecule has 0 spiro atoms. The van der Waals surface area contributed by atoms with Crippen molar-refractivity contribution in [3.8, 4) is 0 Å². The van der Waals surface area contributed by atoms with E-state index in [1.165, 1.54) is 5.56 Å². The summed E-state index contributed by atoms with van der Waals surface area (Å²) in [5.74, 6) is 2.29. The highest BCUT2D eigenvalue weighted by atomic mass is 15.1. The lowest BCUT2D eigenvalue weighted by Crippen LogP contribution is -2.28. The summed E-state index contributed by atoms with van der Waals surface area (Å²) in [5, 5.41) is 6.82. The summed E-state index contributed by atoms with van der Waals surface area (Å²) in [4.78, 5) is 9.30. The van der Waals surface area contributed by atoms with Crippen LogP contribution < -0.4 is 10.6 Å². The average molecular weight is 234 g/mol. The maximum atomic E-state index is 4.67. The van der Waals surface area contributed by atoms with Crippen molar-refractivity contribution in [3.05, 3.63) is 17.1 Å². The SMILES string of the molecule is CC(C)c1nc2c(c(NC(C)(C)C)n1)CNC2. The van der Waals surface area contributed by atoms with Crippen molar-refractivity contribution >= 4 is 5.82 Å². The second-order valence-electron chi connectivity index (χ2n) is 5.99. The summed E-state index contributed by atoms with van der Waals surface area (Å²) in [6, 6.07) is 0. The lowest BCUT2D eigenvalue weighted by molar-refractivity contribution is 0.625. The molecule has 1 aliphatic heterocycles. The van der Waals surface area contributed by atoms with Gasteiger partial charge in [-0.3, -0.25) is 0 Å². The molecule has 0 unspecified atom stereocenters. The first-order valence-electron chi connectivity index (χ1n) is 6.25. The molecule has 2 heterocycles.